The van der Waals surface area contributed by atoms with Crippen LogP contribution in [-0.2, 0) is 0 Å². The number of fused-ring (bicyclic) bond motifs is 2. The van der Waals surface area contributed by atoms with Crippen LogP contribution in [0, 0.1) is 0 Å². The van der Waals surface area contributed by atoms with Crippen LogP contribution in [0.25, 0.3) is 33.3 Å². The summed E-state index contributed by atoms with van der Waals surface area (Å²) in [7, 11) is 1.59. The highest BCUT2D eigenvalue weighted by Gasteiger charge is 2.17. The van der Waals surface area contributed by atoms with Crippen molar-refractivity contribution in [1.82, 2.24) is 4.98 Å². The van der Waals surface area contributed by atoms with Crippen molar-refractivity contribution in [1.29, 1.82) is 0 Å². The molecule has 4 aromatic rings. The largest absolute Gasteiger partial charge is 0.493 e. The Morgan fingerprint density at radius 1 is 1.21 bits per heavy atom. The number of nitrogens with zero attached hydrogens (tertiary/aromatic N) is 1. The molecule has 0 bridgehead atoms. The van der Waals surface area contributed by atoms with E-state index < -0.39 is 5.97 Å². The molecule has 0 amide bonds. The Kier molecular flexibility index (Phi) is 4.51. The average molecular weight is 375 g/mol. The van der Waals surface area contributed by atoms with Crippen molar-refractivity contribution < 1.29 is 19.1 Å². The van der Waals surface area contributed by atoms with E-state index in [9.17, 15) is 9.90 Å². The Labute approximate surface area is 162 Å². The van der Waals surface area contributed by atoms with Crippen LogP contribution in [0.15, 0.2) is 52.9 Å². The third-order valence-corrected chi connectivity index (χ3v) is 5.22. The highest BCUT2D eigenvalue weighted by atomic mass is 16.5. The second kappa shape index (κ2) is 7.00. The molecule has 0 saturated carbocycles. The maximum atomic E-state index is 11.9. The summed E-state index contributed by atoms with van der Waals surface area (Å²) in [4.78, 5) is 16.6. The lowest BCUT2D eigenvalue weighted by Crippen LogP contribution is -2.01. The van der Waals surface area contributed by atoms with E-state index in [4.69, 9.17) is 9.15 Å². The predicted molar refractivity (Wildman–Crippen MR) is 109 cm³/mol. The number of furan rings is 1. The van der Waals surface area contributed by atoms with Crippen molar-refractivity contribution in [3.63, 3.8) is 0 Å². The number of carbonyl (C=O) groups is 1. The maximum Gasteiger partial charge on any atom is 0.336 e. The maximum absolute atomic E-state index is 11.9. The fourth-order valence-corrected chi connectivity index (χ4v) is 3.41. The predicted octanol–water partition coefficient (Wildman–Crippen LogP) is 5.87. The van der Waals surface area contributed by atoms with Crippen LogP contribution in [0.4, 0.5) is 0 Å². The van der Waals surface area contributed by atoms with Gasteiger partial charge in [-0.25, -0.2) is 9.78 Å². The van der Waals surface area contributed by atoms with Crippen LogP contribution < -0.4 is 4.74 Å². The van der Waals surface area contributed by atoms with Crippen LogP contribution in [0.5, 0.6) is 5.75 Å². The highest BCUT2D eigenvalue weighted by Crippen LogP contribution is 2.34. The Morgan fingerprint density at radius 2 is 2.04 bits per heavy atom. The third kappa shape index (κ3) is 2.99. The number of rotatable bonds is 5. The lowest BCUT2D eigenvalue weighted by Gasteiger charge is -2.12. The quantitative estimate of drug-likeness (QED) is 0.472. The number of benzene rings is 2. The SMILES string of the molecule is CCC(C)c1ccc2nc(-c3cc4cccc(OC)c4o3)cc(C(=O)O)c2c1. The summed E-state index contributed by atoms with van der Waals surface area (Å²) < 4.78 is 11.3. The van der Waals surface area contributed by atoms with Gasteiger partial charge in [0.1, 0.15) is 5.69 Å². The van der Waals surface area contributed by atoms with Gasteiger partial charge in [0.05, 0.1) is 18.2 Å². The molecular weight excluding hydrogens is 354 g/mol. The number of aromatic nitrogens is 1. The molecule has 1 N–H and O–H groups in total. The second-order valence-corrected chi connectivity index (χ2v) is 6.94. The topological polar surface area (TPSA) is 72.6 Å². The van der Waals surface area contributed by atoms with Crippen molar-refractivity contribution in [2.45, 2.75) is 26.2 Å². The second-order valence-electron chi connectivity index (χ2n) is 6.94. The standard InChI is InChI=1S/C23H21NO4/c1-4-13(2)14-8-9-18-16(10-14)17(23(25)26)12-19(24-18)21-11-15-6-5-7-20(27-3)22(15)28-21/h5-13H,4H2,1-3H3,(H,25,26). The number of pyridine rings is 1. The number of carboxylic acid groups (broad SMARTS) is 1. The number of hydrogen-bond acceptors (Lipinski definition) is 4. The van der Waals surface area contributed by atoms with Gasteiger partial charge in [-0.2, -0.15) is 0 Å². The van der Waals surface area contributed by atoms with Gasteiger partial charge in [-0.3, -0.25) is 0 Å². The number of ether oxygens (including phenoxy) is 1. The number of carboxylic acids is 1. The zero-order valence-electron chi connectivity index (χ0n) is 16.0. The zero-order chi connectivity index (χ0) is 19.8. The lowest BCUT2D eigenvalue weighted by molar-refractivity contribution is 0.0699. The van der Waals surface area contributed by atoms with Crippen molar-refractivity contribution in [2.75, 3.05) is 7.11 Å². The molecule has 0 aliphatic carbocycles. The van der Waals surface area contributed by atoms with Gasteiger partial charge in [0.2, 0.25) is 0 Å². The molecule has 142 valence electrons. The van der Waals surface area contributed by atoms with Gasteiger partial charge in [0.15, 0.2) is 17.1 Å². The minimum Gasteiger partial charge on any atom is -0.493 e. The number of para-hydroxylation sites is 1. The molecule has 1 unspecified atom stereocenters. The molecule has 1 atom stereocenters. The summed E-state index contributed by atoms with van der Waals surface area (Å²) in [6.07, 6.45) is 0.986. The first-order chi connectivity index (χ1) is 13.5. The number of aromatic carboxylic acids is 1. The monoisotopic (exact) mass is 375 g/mol. The molecule has 5 nitrogen and oxygen atoms in total. The van der Waals surface area contributed by atoms with Gasteiger partial charge in [-0.05, 0) is 48.2 Å². The molecule has 0 saturated heterocycles. The third-order valence-electron chi connectivity index (χ3n) is 5.22. The van der Waals surface area contributed by atoms with Crippen LogP contribution in [-0.4, -0.2) is 23.2 Å². The minimum absolute atomic E-state index is 0.220. The van der Waals surface area contributed by atoms with Gasteiger partial charge < -0.3 is 14.3 Å². The fraction of sp³-hybridized carbons (Fsp3) is 0.217. The number of methoxy groups -OCH3 is 1. The van der Waals surface area contributed by atoms with Crippen LogP contribution in [0.3, 0.4) is 0 Å². The molecule has 0 fully saturated rings. The zero-order valence-corrected chi connectivity index (χ0v) is 16.0. The van der Waals surface area contributed by atoms with Crippen molar-refractivity contribution in [3.05, 3.63) is 59.7 Å². The summed E-state index contributed by atoms with van der Waals surface area (Å²) in [5.74, 6) is 0.508. The Hall–Kier alpha value is -3.34. The normalized spacial score (nSPS) is 12.4. The first-order valence-electron chi connectivity index (χ1n) is 9.26. The summed E-state index contributed by atoms with van der Waals surface area (Å²) in [5.41, 5.74) is 3.07. The van der Waals surface area contributed by atoms with Gasteiger partial charge in [0.25, 0.3) is 0 Å². The van der Waals surface area contributed by atoms with Crippen molar-refractivity contribution in [2.24, 2.45) is 0 Å². The molecule has 5 heteroatoms. The molecule has 2 heterocycles. The molecule has 4 rings (SSSR count). The fourth-order valence-electron chi connectivity index (χ4n) is 3.41. The summed E-state index contributed by atoms with van der Waals surface area (Å²) in [6, 6.07) is 14.9. The van der Waals surface area contributed by atoms with Gasteiger partial charge in [0, 0.05) is 10.8 Å². The van der Waals surface area contributed by atoms with Crippen molar-refractivity contribution in [3.8, 4) is 17.2 Å². The molecule has 2 aromatic heterocycles. The molecule has 0 aliphatic rings. The molecular formula is C23H21NO4. The molecule has 2 aromatic carbocycles. The summed E-state index contributed by atoms with van der Waals surface area (Å²) in [6.45, 7) is 4.25. The minimum atomic E-state index is -0.983. The molecule has 0 spiro atoms. The van der Waals surface area contributed by atoms with Gasteiger partial charge in [-0.1, -0.05) is 32.0 Å². The van der Waals surface area contributed by atoms with E-state index in [-0.39, 0.29) is 5.56 Å². The number of hydrogen-bond donors (Lipinski definition) is 1. The van der Waals surface area contributed by atoms with Crippen LogP contribution in [0.1, 0.15) is 42.1 Å². The molecule has 0 aliphatic heterocycles. The Morgan fingerprint density at radius 3 is 2.75 bits per heavy atom. The van der Waals surface area contributed by atoms with E-state index in [0.717, 1.165) is 17.4 Å². The molecule has 0 radical (unpaired) electrons. The van der Waals surface area contributed by atoms with Crippen LogP contribution >= 0.6 is 0 Å². The van der Waals surface area contributed by atoms with Crippen molar-refractivity contribution >= 4 is 27.8 Å². The van der Waals surface area contributed by atoms with E-state index >= 15 is 0 Å². The van der Waals surface area contributed by atoms with E-state index in [1.165, 1.54) is 0 Å². The van der Waals surface area contributed by atoms with E-state index in [2.05, 4.69) is 18.8 Å². The van der Waals surface area contributed by atoms with Crippen LogP contribution in [0.2, 0.25) is 0 Å². The lowest BCUT2D eigenvalue weighted by atomic mass is 9.95. The first-order valence-corrected chi connectivity index (χ1v) is 9.26. The Balaban J connectivity index is 1.92. The molecule has 28 heavy (non-hydrogen) atoms. The average Bonchev–Trinajstić information content (AvgIpc) is 3.16. The Bertz CT molecular complexity index is 1190. The highest BCUT2D eigenvalue weighted by molar-refractivity contribution is 6.04. The summed E-state index contributed by atoms with van der Waals surface area (Å²) >= 11 is 0. The van der Waals surface area contributed by atoms with Gasteiger partial charge >= 0.3 is 5.97 Å². The smallest absolute Gasteiger partial charge is 0.336 e. The van der Waals surface area contributed by atoms with E-state index in [1.807, 2.05) is 42.5 Å². The van der Waals surface area contributed by atoms with E-state index in [0.29, 0.717) is 39.6 Å². The van der Waals surface area contributed by atoms with E-state index in [1.54, 1.807) is 13.2 Å². The first kappa shape index (κ1) is 18.0. The summed E-state index contributed by atoms with van der Waals surface area (Å²) in [5, 5.41) is 11.3. The van der Waals surface area contributed by atoms with Gasteiger partial charge in [-0.15, -0.1) is 0 Å².